The van der Waals surface area contributed by atoms with Gasteiger partial charge in [0, 0.05) is 5.92 Å². The topological polar surface area (TPSA) is 75.6 Å². The molecule has 6 rings (SSSR count). The monoisotopic (exact) mass is 377 g/mol. The molecular formula is C23H23NO4. The molecule has 0 heterocycles. The summed E-state index contributed by atoms with van der Waals surface area (Å²) in [5.41, 5.74) is 4.75. The lowest BCUT2D eigenvalue weighted by atomic mass is 9.43. The maximum absolute atomic E-state index is 12.3. The van der Waals surface area contributed by atoms with E-state index in [1.807, 2.05) is 24.3 Å². The molecule has 0 saturated heterocycles. The molecule has 1 atom stereocenters. The first-order valence-corrected chi connectivity index (χ1v) is 9.89. The smallest absolute Gasteiger partial charge is 0.407 e. The van der Waals surface area contributed by atoms with Crippen LogP contribution in [-0.4, -0.2) is 29.8 Å². The van der Waals surface area contributed by atoms with Crippen LogP contribution in [0.15, 0.2) is 48.5 Å². The lowest BCUT2D eigenvalue weighted by molar-refractivity contribution is -0.149. The van der Waals surface area contributed by atoms with Crippen molar-refractivity contribution in [3.8, 4) is 11.1 Å². The van der Waals surface area contributed by atoms with Crippen molar-refractivity contribution in [2.45, 2.75) is 37.6 Å². The average molecular weight is 377 g/mol. The number of hydrogen-bond acceptors (Lipinski definition) is 3. The summed E-state index contributed by atoms with van der Waals surface area (Å²) in [7, 11) is 0. The normalized spacial score (nSPS) is 24.9. The van der Waals surface area contributed by atoms with Crippen LogP contribution in [-0.2, 0) is 9.53 Å². The molecule has 0 aliphatic heterocycles. The molecule has 28 heavy (non-hydrogen) atoms. The summed E-state index contributed by atoms with van der Waals surface area (Å²) >= 11 is 0. The van der Waals surface area contributed by atoms with Gasteiger partial charge in [-0.15, -0.1) is 0 Å². The van der Waals surface area contributed by atoms with E-state index in [1.54, 1.807) is 0 Å². The number of carbonyl (C=O) groups excluding carboxylic acids is 1. The van der Waals surface area contributed by atoms with Gasteiger partial charge in [0.25, 0.3) is 0 Å². The highest BCUT2D eigenvalue weighted by atomic mass is 16.5. The number of alkyl carbamates (subject to hydrolysis) is 1. The molecular weight excluding hydrogens is 354 g/mol. The number of carbonyl (C=O) groups is 2. The maximum Gasteiger partial charge on any atom is 0.407 e. The van der Waals surface area contributed by atoms with Crippen molar-refractivity contribution in [3.63, 3.8) is 0 Å². The van der Waals surface area contributed by atoms with Crippen LogP contribution in [0.2, 0.25) is 0 Å². The number of aliphatic carboxylic acids is 1. The number of hydrogen-bond donors (Lipinski definition) is 2. The third-order valence-electron chi connectivity index (χ3n) is 6.74. The third kappa shape index (κ3) is 2.77. The van der Waals surface area contributed by atoms with Crippen molar-refractivity contribution in [1.29, 1.82) is 0 Å². The molecule has 3 saturated carbocycles. The Morgan fingerprint density at radius 1 is 1.04 bits per heavy atom. The van der Waals surface area contributed by atoms with Crippen LogP contribution in [0.25, 0.3) is 11.1 Å². The van der Waals surface area contributed by atoms with Gasteiger partial charge in [0.1, 0.15) is 12.6 Å². The second-order valence-electron chi connectivity index (χ2n) is 8.54. The highest BCUT2D eigenvalue weighted by molar-refractivity contribution is 5.81. The van der Waals surface area contributed by atoms with Gasteiger partial charge < -0.3 is 15.2 Å². The highest BCUT2D eigenvalue weighted by Crippen LogP contribution is 2.66. The average Bonchev–Trinajstić information content (AvgIpc) is 2.94. The summed E-state index contributed by atoms with van der Waals surface area (Å²) in [6.45, 7) is 0.194. The highest BCUT2D eigenvalue weighted by Gasteiger charge is 2.57. The van der Waals surface area contributed by atoms with Gasteiger partial charge in [-0.2, -0.15) is 0 Å². The standard InChI is InChI=1S/C23H23NO4/c25-21(26)20(12-23-9-14(10-23)11-23)24-22(27)28-13-19-17-7-3-1-5-15(17)16-6-2-4-8-18(16)19/h1-8,14,19-20H,9-13H2,(H,24,27)(H,25,26). The molecule has 0 radical (unpaired) electrons. The molecule has 3 fully saturated rings. The Kier molecular flexibility index (Phi) is 3.93. The zero-order chi connectivity index (χ0) is 19.3. The molecule has 2 N–H and O–H groups in total. The number of ether oxygens (including phenoxy) is 1. The number of benzene rings is 2. The van der Waals surface area contributed by atoms with Crippen LogP contribution in [0.5, 0.6) is 0 Å². The molecule has 0 aromatic heterocycles. The van der Waals surface area contributed by atoms with E-state index < -0.39 is 18.1 Å². The van der Waals surface area contributed by atoms with Gasteiger partial charge in [0.05, 0.1) is 0 Å². The summed E-state index contributed by atoms with van der Waals surface area (Å²) < 4.78 is 5.49. The summed E-state index contributed by atoms with van der Waals surface area (Å²) in [4.78, 5) is 23.9. The molecule has 1 amide bonds. The maximum atomic E-state index is 12.3. The number of carboxylic acid groups (broad SMARTS) is 1. The van der Waals surface area contributed by atoms with Gasteiger partial charge in [-0.1, -0.05) is 48.5 Å². The van der Waals surface area contributed by atoms with E-state index in [0.717, 1.165) is 36.3 Å². The summed E-state index contributed by atoms with van der Waals surface area (Å²) in [6.07, 6.45) is 3.15. The van der Waals surface area contributed by atoms with Crippen molar-refractivity contribution in [2.24, 2.45) is 11.3 Å². The van der Waals surface area contributed by atoms with Gasteiger partial charge in [-0.25, -0.2) is 9.59 Å². The molecule has 5 heteroatoms. The fraction of sp³-hybridized carbons (Fsp3) is 0.391. The summed E-state index contributed by atoms with van der Waals surface area (Å²) in [5, 5.41) is 12.1. The van der Waals surface area contributed by atoms with Crippen LogP contribution >= 0.6 is 0 Å². The van der Waals surface area contributed by atoms with Crippen LogP contribution in [0, 0.1) is 11.3 Å². The lowest BCUT2D eigenvalue weighted by Gasteiger charge is -2.62. The fourth-order valence-corrected chi connectivity index (χ4v) is 5.32. The molecule has 0 spiro atoms. The minimum absolute atomic E-state index is 0.0287. The first-order chi connectivity index (χ1) is 13.5. The Balaban J connectivity index is 1.25. The number of nitrogens with one attached hydrogen (secondary N) is 1. The first-order valence-electron chi connectivity index (χ1n) is 9.89. The zero-order valence-corrected chi connectivity index (χ0v) is 15.6. The summed E-state index contributed by atoms with van der Waals surface area (Å²) in [5.74, 6) is -0.235. The van der Waals surface area contributed by atoms with E-state index in [4.69, 9.17) is 4.74 Å². The number of amides is 1. The Labute approximate surface area is 163 Å². The van der Waals surface area contributed by atoms with Crippen LogP contribution in [0.3, 0.4) is 0 Å². The second kappa shape index (κ2) is 6.36. The lowest BCUT2D eigenvalue weighted by Crippen LogP contribution is -2.56. The molecule has 4 aliphatic rings. The number of carboxylic acids is 1. The van der Waals surface area contributed by atoms with Gasteiger partial charge in [-0.3, -0.25) is 0 Å². The molecule has 4 aliphatic carbocycles. The van der Waals surface area contributed by atoms with Gasteiger partial charge in [0.15, 0.2) is 0 Å². The third-order valence-corrected chi connectivity index (χ3v) is 6.74. The first kappa shape index (κ1) is 17.3. The molecule has 144 valence electrons. The predicted molar refractivity (Wildman–Crippen MR) is 104 cm³/mol. The molecule has 2 aromatic carbocycles. The van der Waals surface area contributed by atoms with Crippen molar-refractivity contribution in [1.82, 2.24) is 5.32 Å². The largest absolute Gasteiger partial charge is 0.480 e. The van der Waals surface area contributed by atoms with Crippen LogP contribution < -0.4 is 5.32 Å². The SMILES string of the molecule is O=C(NC(CC12CC(C1)C2)C(=O)O)OCC1c2ccccc2-c2ccccc21. The number of rotatable bonds is 6. The second-order valence-corrected chi connectivity index (χ2v) is 8.54. The van der Waals surface area contributed by atoms with E-state index >= 15 is 0 Å². The van der Waals surface area contributed by atoms with Gasteiger partial charge in [-0.05, 0) is 59.3 Å². The van der Waals surface area contributed by atoms with E-state index in [-0.39, 0.29) is 17.9 Å². The minimum atomic E-state index is -0.988. The van der Waals surface area contributed by atoms with Crippen LogP contribution in [0.1, 0.15) is 42.7 Å². The van der Waals surface area contributed by atoms with E-state index in [9.17, 15) is 14.7 Å². The fourth-order valence-electron chi connectivity index (χ4n) is 5.32. The predicted octanol–water partition coefficient (Wildman–Crippen LogP) is 4.17. The Bertz CT molecular complexity index is 891. The number of fused-ring (bicyclic) bond motifs is 3. The van der Waals surface area contributed by atoms with E-state index in [2.05, 4.69) is 29.6 Å². The van der Waals surface area contributed by atoms with Gasteiger partial charge in [0.2, 0.25) is 0 Å². The summed E-state index contributed by atoms with van der Waals surface area (Å²) in [6, 6.07) is 15.4. The van der Waals surface area contributed by atoms with Crippen molar-refractivity contribution in [3.05, 3.63) is 59.7 Å². The molecule has 5 nitrogen and oxygen atoms in total. The van der Waals surface area contributed by atoms with Gasteiger partial charge >= 0.3 is 12.1 Å². The van der Waals surface area contributed by atoms with Crippen LogP contribution in [0.4, 0.5) is 4.79 Å². The Morgan fingerprint density at radius 2 is 1.61 bits per heavy atom. The Morgan fingerprint density at radius 3 is 2.11 bits per heavy atom. The quantitative estimate of drug-likeness (QED) is 0.792. The Hall–Kier alpha value is -2.82. The zero-order valence-electron chi connectivity index (χ0n) is 15.6. The van der Waals surface area contributed by atoms with Crippen molar-refractivity contribution in [2.75, 3.05) is 6.61 Å². The van der Waals surface area contributed by atoms with Crippen molar-refractivity contribution >= 4 is 12.1 Å². The molecule has 2 bridgehead atoms. The molecule has 2 aromatic rings. The van der Waals surface area contributed by atoms with E-state index in [0.29, 0.717) is 6.42 Å². The minimum Gasteiger partial charge on any atom is -0.480 e. The van der Waals surface area contributed by atoms with Crippen molar-refractivity contribution < 1.29 is 19.4 Å². The van der Waals surface area contributed by atoms with E-state index in [1.165, 1.54) is 11.1 Å². The molecule has 1 unspecified atom stereocenters.